The van der Waals surface area contributed by atoms with Gasteiger partial charge in [0.05, 0.1) is 19.8 Å². The summed E-state index contributed by atoms with van der Waals surface area (Å²) in [6, 6.07) is 0. The molecule has 0 unspecified atom stereocenters. The predicted molar refractivity (Wildman–Crippen MR) is 57.7 cm³/mol. The van der Waals surface area contributed by atoms with Crippen molar-refractivity contribution in [2.45, 2.75) is 45.3 Å². The Morgan fingerprint density at radius 3 is 2.20 bits per heavy atom. The average Bonchev–Trinajstić information content (AvgIpc) is 2.70. The molecular weight excluding hydrogens is 192 g/mol. The standard InChI is InChI=1S/C12H22O3/c1-3-13-10-11(2)4-6-12(7-5-11)14-8-9-15-12/h3-10H2,1-2H3. The molecule has 0 atom stereocenters. The Labute approximate surface area is 92.1 Å². The number of hydrogen-bond donors (Lipinski definition) is 0. The third kappa shape index (κ3) is 2.52. The van der Waals surface area contributed by atoms with Crippen molar-refractivity contribution >= 4 is 0 Å². The maximum Gasteiger partial charge on any atom is 0.168 e. The first-order valence-electron chi connectivity index (χ1n) is 6.04. The Morgan fingerprint density at radius 2 is 1.67 bits per heavy atom. The SMILES string of the molecule is CCOCC1(C)CCC2(CC1)OCCO2. The second-order valence-electron chi connectivity index (χ2n) is 5.06. The molecule has 88 valence electrons. The second-order valence-corrected chi connectivity index (χ2v) is 5.06. The van der Waals surface area contributed by atoms with Gasteiger partial charge in [-0.2, -0.15) is 0 Å². The van der Waals surface area contributed by atoms with Gasteiger partial charge in [0, 0.05) is 19.4 Å². The van der Waals surface area contributed by atoms with Gasteiger partial charge in [-0.15, -0.1) is 0 Å². The van der Waals surface area contributed by atoms with Crippen molar-refractivity contribution < 1.29 is 14.2 Å². The van der Waals surface area contributed by atoms with Gasteiger partial charge in [0.2, 0.25) is 0 Å². The van der Waals surface area contributed by atoms with E-state index >= 15 is 0 Å². The molecule has 1 saturated heterocycles. The van der Waals surface area contributed by atoms with Crippen molar-refractivity contribution in [2.24, 2.45) is 5.41 Å². The van der Waals surface area contributed by atoms with Gasteiger partial charge in [0.1, 0.15) is 0 Å². The summed E-state index contributed by atoms with van der Waals surface area (Å²) < 4.78 is 17.0. The van der Waals surface area contributed by atoms with Crippen LogP contribution in [0.5, 0.6) is 0 Å². The molecule has 3 heteroatoms. The second kappa shape index (κ2) is 4.40. The van der Waals surface area contributed by atoms with E-state index in [0.717, 1.165) is 52.1 Å². The topological polar surface area (TPSA) is 27.7 Å². The molecule has 2 fully saturated rings. The summed E-state index contributed by atoms with van der Waals surface area (Å²) in [6.45, 7) is 7.58. The molecule has 0 aromatic rings. The lowest BCUT2D eigenvalue weighted by Gasteiger charge is -2.41. The smallest absolute Gasteiger partial charge is 0.168 e. The van der Waals surface area contributed by atoms with Crippen LogP contribution in [0, 0.1) is 5.41 Å². The Kier molecular flexibility index (Phi) is 3.33. The first-order chi connectivity index (χ1) is 7.18. The van der Waals surface area contributed by atoms with Crippen LogP contribution in [0.4, 0.5) is 0 Å². The van der Waals surface area contributed by atoms with Gasteiger partial charge in [-0.25, -0.2) is 0 Å². The summed E-state index contributed by atoms with van der Waals surface area (Å²) in [5, 5.41) is 0. The van der Waals surface area contributed by atoms with E-state index in [1.165, 1.54) is 0 Å². The lowest BCUT2D eigenvalue weighted by atomic mass is 9.74. The van der Waals surface area contributed by atoms with Gasteiger partial charge < -0.3 is 14.2 Å². The molecule has 0 amide bonds. The molecule has 15 heavy (non-hydrogen) atoms. The molecule has 1 aliphatic heterocycles. The zero-order valence-electron chi connectivity index (χ0n) is 9.88. The van der Waals surface area contributed by atoms with Gasteiger partial charge in [-0.05, 0) is 25.2 Å². The van der Waals surface area contributed by atoms with Gasteiger partial charge in [-0.3, -0.25) is 0 Å². The normalized spacial score (nSPS) is 28.4. The molecule has 1 aliphatic carbocycles. The summed E-state index contributed by atoms with van der Waals surface area (Å²) in [4.78, 5) is 0. The molecular formula is C12H22O3. The third-order valence-electron chi connectivity index (χ3n) is 3.69. The van der Waals surface area contributed by atoms with Crippen LogP contribution in [0.3, 0.4) is 0 Å². The number of ether oxygens (including phenoxy) is 3. The van der Waals surface area contributed by atoms with Crippen LogP contribution in [0.1, 0.15) is 39.5 Å². The lowest BCUT2D eigenvalue weighted by Crippen LogP contribution is -2.40. The fraction of sp³-hybridized carbons (Fsp3) is 1.00. The van der Waals surface area contributed by atoms with E-state index < -0.39 is 0 Å². The minimum absolute atomic E-state index is 0.230. The molecule has 2 aliphatic rings. The molecule has 0 aromatic heterocycles. The minimum Gasteiger partial charge on any atom is -0.381 e. The first kappa shape index (κ1) is 11.4. The predicted octanol–water partition coefficient (Wildman–Crippen LogP) is 2.35. The van der Waals surface area contributed by atoms with Crippen molar-refractivity contribution in [1.29, 1.82) is 0 Å². The Morgan fingerprint density at radius 1 is 1.07 bits per heavy atom. The summed E-state index contributed by atoms with van der Waals surface area (Å²) in [7, 11) is 0. The molecule has 1 spiro atoms. The molecule has 0 bridgehead atoms. The largest absolute Gasteiger partial charge is 0.381 e. The van der Waals surface area contributed by atoms with E-state index in [9.17, 15) is 0 Å². The monoisotopic (exact) mass is 214 g/mol. The fourth-order valence-corrected chi connectivity index (χ4v) is 2.51. The maximum absolute atomic E-state index is 5.72. The summed E-state index contributed by atoms with van der Waals surface area (Å²) in [6.07, 6.45) is 4.34. The van der Waals surface area contributed by atoms with E-state index in [-0.39, 0.29) is 5.79 Å². The van der Waals surface area contributed by atoms with Crippen LogP contribution >= 0.6 is 0 Å². The van der Waals surface area contributed by atoms with Gasteiger partial charge in [0.15, 0.2) is 5.79 Å². The van der Waals surface area contributed by atoms with Crippen LogP contribution in [0.25, 0.3) is 0 Å². The van der Waals surface area contributed by atoms with E-state index in [4.69, 9.17) is 14.2 Å². The Bertz CT molecular complexity index is 199. The zero-order chi connectivity index (χ0) is 10.8. The summed E-state index contributed by atoms with van der Waals surface area (Å²) in [5.74, 6) is -0.230. The van der Waals surface area contributed by atoms with Crippen molar-refractivity contribution in [1.82, 2.24) is 0 Å². The average molecular weight is 214 g/mol. The van der Waals surface area contributed by atoms with E-state index in [2.05, 4.69) is 13.8 Å². The molecule has 0 aromatic carbocycles. The van der Waals surface area contributed by atoms with Crippen LogP contribution in [-0.4, -0.2) is 32.2 Å². The number of rotatable bonds is 3. The lowest BCUT2D eigenvalue weighted by molar-refractivity contribution is -0.194. The van der Waals surface area contributed by atoms with Gasteiger partial charge in [0.25, 0.3) is 0 Å². The quantitative estimate of drug-likeness (QED) is 0.721. The zero-order valence-corrected chi connectivity index (χ0v) is 9.88. The highest BCUT2D eigenvalue weighted by atomic mass is 16.7. The van der Waals surface area contributed by atoms with Gasteiger partial charge in [-0.1, -0.05) is 6.92 Å². The number of hydrogen-bond acceptors (Lipinski definition) is 3. The first-order valence-corrected chi connectivity index (χ1v) is 6.04. The summed E-state index contributed by atoms with van der Waals surface area (Å²) in [5.41, 5.74) is 0.330. The van der Waals surface area contributed by atoms with Crippen LogP contribution < -0.4 is 0 Å². The van der Waals surface area contributed by atoms with Crippen LogP contribution in [0.2, 0.25) is 0 Å². The van der Waals surface area contributed by atoms with Crippen LogP contribution in [0.15, 0.2) is 0 Å². The Hall–Kier alpha value is -0.120. The molecule has 3 nitrogen and oxygen atoms in total. The van der Waals surface area contributed by atoms with Crippen molar-refractivity contribution in [3.8, 4) is 0 Å². The van der Waals surface area contributed by atoms with Crippen molar-refractivity contribution in [2.75, 3.05) is 26.4 Å². The summed E-state index contributed by atoms with van der Waals surface area (Å²) >= 11 is 0. The highest BCUT2D eigenvalue weighted by molar-refractivity contribution is 4.88. The molecule has 1 saturated carbocycles. The van der Waals surface area contributed by atoms with E-state index in [1.807, 2.05) is 0 Å². The van der Waals surface area contributed by atoms with Crippen molar-refractivity contribution in [3.05, 3.63) is 0 Å². The highest BCUT2D eigenvalue weighted by Crippen LogP contribution is 2.44. The molecule has 2 rings (SSSR count). The van der Waals surface area contributed by atoms with Crippen LogP contribution in [-0.2, 0) is 14.2 Å². The highest BCUT2D eigenvalue weighted by Gasteiger charge is 2.44. The Balaban J connectivity index is 1.85. The van der Waals surface area contributed by atoms with E-state index in [0.29, 0.717) is 5.41 Å². The minimum atomic E-state index is -0.230. The molecule has 1 heterocycles. The fourth-order valence-electron chi connectivity index (χ4n) is 2.51. The maximum atomic E-state index is 5.72. The molecule has 0 radical (unpaired) electrons. The third-order valence-corrected chi connectivity index (χ3v) is 3.69. The van der Waals surface area contributed by atoms with Gasteiger partial charge >= 0.3 is 0 Å². The molecule has 0 N–H and O–H groups in total. The van der Waals surface area contributed by atoms with Crippen molar-refractivity contribution in [3.63, 3.8) is 0 Å². The van der Waals surface area contributed by atoms with E-state index in [1.54, 1.807) is 0 Å².